The van der Waals surface area contributed by atoms with Crippen molar-refractivity contribution in [2.75, 3.05) is 20.1 Å². The third-order valence-corrected chi connectivity index (χ3v) is 4.40. The molecular formula is C15H34N2. The molecule has 0 aromatic heterocycles. The summed E-state index contributed by atoms with van der Waals surface area (Å²) in [5, 5.41) is 3.56. The Morgan fingerprint density at radius 1 is 1.06 bits per heavy atom. The summed E-state index contributed by atoms with van der Waals surface area (Å²) in [4.78, 5) is 2.61. The average Bonchev–Trinajstić information content (AvgIpc) is 2.35. The molecule has 104 valence electrons. The molecule has 2 nitrogen and oxygen atoms in total. The van der Waals surface area contributed by atoms with E-state index in [4.69, 9.17) is 0 Å². The fourth-order valence-electron chi connectivity index (χ4n) is 3.00. The number of rotatable bonds is 10. The predicted molar refractivity (Wildman–Crippen MR) is 78.6 cm³/mol. The third kappa shape index (κ3) is 4.59. The maximum absolute atomic E-state index is 3.56. The largest absolute Gasteiger partial charge is 0.315 e. The maximum atomic E-state index is 3.56. The van der Waals surface area contributed by atoms with Crippen molar-refractivity contribution in [2.24, 2.45) is 0 Å². The lowest BCUT2D eigenvalue weighted by Gasteiger charge is -2.46. The first-order valence-corrected chi connectivity index (χ1v) is 7.52. The van der Waals surface area contributed by atoms with Gasteiger partial charge in [0.05, 0.1) is 0 Å². The van der Waals surface area contributed by atoms with Crippen molar-refractivity contribution in [3.63, 3.8) is 0 Å². The number of nitrogens with zero attached hydrogens (tertiary/aromatic N) is 1. The van der Waals surface area contributed by atoms with Crippen molar-refractivity contribution >= 4 is 0 Å². The number of hydrogen-bond acceptors (Lipinski definition) is 2. The fourth-order valence-corrected chi connectivity index (χ4v) is 3.00. The van der Waals surface area contributed by atoms with Gasteiger partial charge in [-0.3, -0.25) is 4.90 Å². The van der Waals surface area contributed by atoms with Crippen LogP contribution in [0.25, 0.3) is 0 Å². The molecule has 17 heavy (non-hydrogen) atoms. The van der Waals surface area contributed by atoms with Crippen molar-refractivity contribution in [2.45, 2.75) is 78.3 Å². The summed E-state index contributed by atoms with van der Waals surface area (Å²) in [6, 6.07) is 0.610. The summed E-state index contributed by atoms with van der Waals surface area (Å²) in [6.07, 6.45) is 6.52. The van der Waals surface area contributed by atoms with Crippen molar-refractivity contribution < 1.29 is 0 Å². The Hall–Kier alpha value is -0.0800. The zero-order valence-electron chi connectivity index (χ0n) is 13.0. The van der Waals surface area contributed by atoms with Gasteiger partial charge in [0.25, 0.3) is 0 Å². The summed E-state index contributed by atoms with van der Waals surface area (Å²) in [6.45, 7) is 13.9. The van der Waals surface area contributed by atoms with Crippen LogP contribution in [0, 0.1) is 0 Å². The first-order valence-electron chi connectivity index (χ1n) is 7.52. The van der Waals surface area contributed by atoms with E-state index in [1.807, 2.05) is 0 Å². The van der Waals surface area contributed by atoms with Crippen LogP contribution in [-0.4, -0.2) is 36.6 Å². The first-order chi connectivity index (χ1) is 8.10. The van der Waals surface area contributed by atoms with Crippen LogP contribution in [0.3, 0.4) is 0 Å². The van der Waals surface area contributed by atoms with Gasteiger partial charge in [0.2, 0.25) is 0 Å². The van der Waals surface area contributed by atoms with E-state index in [1.165, 1.54) is 32.1 Å². The summed E-state index contributed by atoms with van der Waals surface area (Å²) in [7, 11) is 2.12. The molecule has 0 aromatic carbocycles. The van der Waals surface area contributed by atoms with E-state index in [2.05, 4.69) is 51.9 Å². The second kappa shape index (κ2) is 8.93. The van der Waals surface area contributed by atoms with Gasteiger partial charge >= 0.3 is 0 Å². The summed E-state index contributed by atoms with van der Waals surface area (Å²) in [5.41, 5.74) is 0.298. The van der Waals surface area contributed by atoms with E-state index in [-0.39, 0.29) is 0 Å². The molecule has 0 aliphatic rings. The SMILES string of the molecule is CCCCCC(NC)C(C)(CC)N(CC)CC. The minimum atomic E-state index is 0.298. The monoisotopic (exact) mass is 242 g/mol. The molecule has 0 heterocycles. The Morgan fingerprint density at radius 3 is 2.00 bits per heavy atom. The van der Waals surface area contributed by atoms with Crippen LogP contribution in [0.5, 0.6) is 0 Å². The first kappa shape index (κ1) is 16.9. The average molecular weight is 242 g/mol. The molecule has 0 spiro atoms. The Balaban J connectivity index is 4.63. The molecule has 0 radical (unpaired) electrons. The minimum absolute atomic E-state index is 0.298. The molecule has 0 saturated heterocycles. The molecule has 0 bridgehead atoms. The lowest BCUT2D eigenvalue weighted by atomic mass is 9.84. The highest BCUT2D eigenvalue weighted by Crippen LogP contribution is 2.26. The van der Waals surface area contributed by atoms with Gasteiger partial charge in [-0.25, -0.2) is 0 Å². The van der Waals surface area contributed by atoms with Gasteiger partial charge in [-0.2, -0.15) is 0 Å². The fraction of sp³-hybridized carbons (Fsp3) is 1.00. The van der Waals surface area contributed by atoms with Crippen molar-refractivity contribution in [3.8, 4) is 0 Å². The predicted octanol–water partition coefficient (Wildman–Crippen LogP) is 3.67. The lowest BCUT2D eigenvalue weighted by Crippen LogP contribution is -2.58. The number of hydrogen-bond donors (Lipinski definition) is 1. The zero-order chi connectivity index (χ0) is 13.3. The van der Waals surface area contributed by atoms with Crippen LogP contribution in [0.1, 0.15) is 66.7 Å². The van der Waals surface area contributed by atoms with Crippen LogP contribution in [0.2, 0.25) is 0 Å². The highest BCUT2D eigenvalue weighted by atomic mass is 15.2. The van der Waals surface area contributed by atoms with Crippen molar-refractivity contribution in [1.82, 2.24) is 10.2 Å². The molecule has 0 amide bonds. The number of nitrogens with one attached hydrogen (secondary N) is 1. The molecule has 2 heteroatoms. The van der Waals surface area contributed by atoms with Gasteiger partial charge in [-0.1, -0.05) is 47.0 Å². The van der Waals surface area contributed by atoms with Crippen molar-refractivity contribution in [1.29, 1.82) is 0 Å². The van der Waals surface area contributed by atoms with Gasteiger partial charge in [0.1, 0.15) is 0 Å². The van der Waals surface area contributed by atoms with E-state index in [0.717, 1.165) is 13.1 Å². The molecule has 2 unspecified atom stereocenters. The molecule has 0 saturated carbocycles. The van der Waals surface area contributed by atoms with E-state index < -0.39 is 0 Å². The number of likely N-dealkylation sites (N-methyl/N-ethyl adjacent to an activating group) is 2. The highest BCUT2D eigenvalue weighted by molar-refractivity contribution is 4.95. The Kier molecular flexibility index (Phi) is 8.89. The van der Waals surface area contributed by atoms with Gasteiger partial charge in [0, 0.05) is 11.6 Å². The molecule has 0 aromatic rings. The Morgan fingerprint density at radius 2 is 1.65 bits per heavy atom. The van der Waals surface area contributed by atoms with E-state index >= 15 is 0 Å². The summed E-state index contributed by atoms with van der Waals surface area (Å²) < 4.78 is 0. The van der Waals surface area contributed by atoms with Crippen LogP contribution in [-0.2, 0) is 0 Å². The summed E-state index contributed by atoms with van der Waals surface area (Å²) >= 11 is 0. The number of unbranched alkanes of at least 4 members (excludes halogenated alkanes) is 2. The van der Waals surface area contributed by atoms with E-state index in [9.17, 15) is 0 Å². The molecule has 1 N–H and O–H groups in total. The quantitative estimate of drug-likeness (QED) is 0.588. The lowest BCUT2D eigenvalue weighted by molar-refractivity contribution is 0.0687. The molecule has 2 atom stereocenters. The van der Waals surface area contributed by atoms with Crippen LogP contribution in [0.15, 0.2) is 0 Å². The Bertz CT molecular complexity index is 178. The van der Waals surface area contributed by atoms with Crippen molar-refractivity contribution in [3.05, 3.63) is 0 Å². The molecule has 0 aliphatic carbocycles. The topological polar surface area (TPSA) is 15.3 Å². The van der Waals surface area contributed by atoms with Crippen LogP contribution < -0.4 is 5.32 Å². The highest BCUT2D eigenvalue weighted by Gasteiger charge is 2.35. The smallest absolute Gasteiger partial charge is 0.0331 e. The molecule has 0 rings (SSSR count). The standard InChI is InChI=1S/C15H34N2/c1-7-11-12-13-14(16-6)15(5,8-2)17(9-3)10-4/h14,16H,7-13H2,1-6H3. The van der Waals surface area contributed by atoms with E-state index in [1.54, 1.807) is 0 Å². The molecule has 0 fully saturated rings. The minimum Gasteiger partial charge on any atom is -0.315 e. The van der Waals surface area contributed by atoms with Crippen LogP contribution >= 0.6 is 0 Å². The Labute approximate surface area is 109 Å². The second-order valence-corrected chi connectivity index (χ2v) is 5.22. The molecular weight excluding hydrogens is 208 g/mol. The second-order valence-electron chi connectivity index (χ2n) is 5.22. The zero-order valence-corrected chi connectivity index (χ0v) is 13.0. The normalized spacial score (nSPS) is 17.1. The van der Waals surface area contributed by atoms with Gasteiger partial charge in [0.15, 0.2) is 0 Å². The molecule has 0 aliphatic heterocycles. The van der Waals surface area contributed by atoms with Gasteiger partial charge in [-0.05, 0) is 39.9 Å². The summed E-state index contributed by atoms with van der Waals surface area (Å²) in [5.74, 6) is 0. The van der Waals surface area contributed by atoms with E-state index in [0.29, 0.717) is 11.6 Å². The van der Waals surface area contributed by atoms with Gasteiger partial charge < -0.3 is 5.32 Å². The van der Waals surface area contributed by atoms with Crippen LogP contribution in [0.4, 0.5) is 0 Å². The maximum Gasteiger partial charge on any atom is 0.0331 e. The third-order valence-electron chi connectivity index (χ3n) is 4.40. The van der Waals surface area contributed by atoms with Gasteiger partial charge in [-0.15, -0.1) is 0 Å².